The second-order valence-corrected chi connectivity index (χ2v) is 9.96. The number of hydrogen-bond acceptors (Lipinski definition) is 7. The van der Waals surface area contributed by atoms with Gasteiger partial charge in [0.05, 0.1) is 27.1 Å². The van der Waals surface area contributed by atoms with Crippen LogP contribution in [0, 0.1) is 11.8 Å². The van der Waals surface area contributed by atoms with Gasteiger partial charge in [-0.3, -0.25) is 9.59 Å². The molecule has 0 bridgehead atoms. The van der Waals surface area contributed by atoms with E-state index in [1.54, 1.807) is 0 Å². The van der Waals surface area contributed by atoms with Crippen molar-refractivity contribution in [2.45, 2.75) is 39.5 Å². The Morgan fingerprint density at radius 3 is 1.71 bits per heavy atom. The van der Waals surface area contributed by atoms with Gasteiger partial charge >= 0.3 is 11.9 Å². The van der Waals surface area contributed by atoms with E-state index < -0.39 is 0 Å². The van der Waals surface area contributed by atoms with Crippen LogP contribution in [0.15, 0.2) is 48.5 Å². The number of benzene rings is 2. The first kappa shape index (κ1) is 35.5. The molecule has 0 fully saturated rings. The number of nitrogens with zero attached hydrogens (tertiary/aromatic N) is 1. The summed E-state index contributed by atoms with van der Waals surface area (Å²) >= 11 is 11.6. The van der Waals surface area contributed by atoms with Crippen LogP contribution in [0.3, 0.4) is 0 Å². The second kappa shape index (κ2) is 21.5. The lowest BCUT2D eigenvalue weighted by molar-refractivity contribution is -0.141. The first-order valence-corrected chi connectivity index (χ1v) is 13.3. The van der Waals surface area contributed by atoms with Gasteiger partial charge in [-0.2, -0.15) is 0 Å². The van der Waals surface area contributed by atoms with Crippen molar-refractivity contribution in [3.63, 3.8) is 0 Å². The van der Waals surface area contributed by atoms with Gasteiger partial charge in [0.1, 0.15) is 6.29 Å². The summed E-state index contributed by atoms with van der Waals surface area (Å²) in [6.07, 6.45) is 3.53. The van der Waals surface area contributed by atoms with Crippen molar-refractivity contribution in [3.05, 3.63) is 69.7 Å². The molecule has 38 heavy (non-hydrogen) atoms. The molecule has 0 aliphatic rings. The van der Waals surface area contributed by atoms with Gasteiger partial charge in [0, 0.05) is 35.6 Å². The van der Waals surface area contributed by atoms with Crippen molar-refractivity contribution in [3.8, 4) is 0 Å². The molecule has 2 atom stereocenters. The minimum atomic E-state index is -0.248. The van der Waals surface area contributed by atoms with Crippen LogP contribution in [-0.4, -0.2) is 64.0 Å². The highest BCUT2D eigenvalue weighted by Gasteiger charge is 2.09. The van der Waals surface area contributed by atoms with Crippen molar-refractivity contribution in [2.75, 3.05) is 40.9 Å². The number of halogens is 2. The first-order chi connectivity index (χ1) is 18.0. The van der Waals surface area contributed by atoms with Crippen LogP contribution in [0.5, 0.6) is 0 Å². The number of carbonyl (C=O) groups excluding carboxylic acids is 3. The average Bonchev–Trinajstić information content (AvgIpc) is 2.90. The Morgan fingerprint density at radius 2 is 1.32 bits per heavy atom. The van der Waals surface area contributed by atoms with Gasteiger partial charge in [-0.25, -0.2) is 0 Å². The molecule has 0 heterocycles. The number of ether oxygens (including phenoxy) is 2. The predicted octanol–water partition coefficient (Wildman–Crippen LogP) is 5.24. The first-order valence-electron chi connectivity index (χ1n) is 12.5. The van der Waals surface area contributed by atoms with E-state index in [-0.39, 0.29) is 17.9 Å². The molecule has 0 aliphatic carbocycles. The SMILES string of the molecule is CC(C=O)Cc1ccc(Cl)cc1.COC(=O)CCN.COC(=O)CCN(C)CC(C)Cc1ccc(Cl)cc1. The molecule has 0 aromatic heterocycles. The molecule has 2 N–H and O–H groups in total. The summed E-state index contributed by atoms with van der Waals surface area (Å²) in [5.41, 5.74) is 7.45. The summed E-state index contributed by atoms with van der Waals surface area (Å²) in [4.78, 5) is 33.7. The zero-order chi connectivity index (χ0) is 28.9. The lowest BCUT2D eigenvalue weighted by Gasteiger charge is -2.20. The number of hydrogen-bond donors (Lipinski definition) is 1. The molecule has 2 rings (SSSR count). The molecule has 2 unspecified atom stereocenters. The topological polar surface area (TPSA) is 98.9 Å². The third-order valence-electron chi connectivity index (χ3n) is 5.33. The Morgan fingerprint density at radius 1 is 0.868 bits per heavy atom. The number of methoxy groups -OCH3 is 2. The number of aldehydes is 1. The molecule has 0 saturated carbocycles. The van der Waals surface area contributed by atoms with Gasteiger partial charge in [-0.15, -0.1) is 0 Å². The fraction of sp³-hybridized carbons (Fsp3) is 0.483. The summed E-state index contributed by atoms with van der Waals surface area (Å²) in [6.45, 7) is 6.18. The maximum Gasteiger partial charge on any atom is 0.306 e. The molecule has 0 saturated heterocycles. The molecule has 0 aliphatic heterocycles. The van der Waals surface area contributed by atoms with E-state index in [2.05, 4.69) is 33.4 Å². The summed E-state index contributed by atoms with van der Waals surface area (Å²) < 4.78 is 8.91. The Hall–Kier alpha value is -2.45. The number of carbonyl (C=O) groups is 3. The Kier molecular flexibility index (Phi) is 20.1. The maximum absolute atomic E-state index is 11.1. The number of nitrogens with two attached hydrogens (primary N) is 1. The van der Waals surface area contributed by atoms with Crippen LogP contribution in [0.4, 0.5) is 0 Å². The molecule has 7 nitrogen and oxygen atoms in total. The largest absolute Gasteiger partial charge is 0.469 e. The van der Waals surface area contributed by atoms with Crippen LogP contribution in [0.25, 0.3) is 0 Å². The van der Waals surface area contributed by atoms with Gasteiger partial charge in [0.25, 0.3) is 0 Å². The van der Waals surface area contributed by atoms with Gasteiger partial charge in [-0.1, -0.05) is 61.3 Å². The Balaban J connectivity index is 0.000000612. The van der Waals surface area contributed by atoms with Crippen LogP contribution in [0.2, 0.25) is 10.0 Å². The minimum Gasteiger partial charge on any atom is -0.469 e. The molecule has 2 aromatic carbocycles. The standard InChI is InChI=1S/C15H22ClNO2.C10H11ClO.C4H9NO2/c1-12(10-13-4-6-14(16)7-5-13)11-17(2)9-8-15(18)19-3;1-8(7-12)6-9-2-4-10(11)5-3-9;1-7-4(6)2-3-5/h4-7,12H,8-11H2,1-3H3;2-5,7-8H,6H2,1H3;2-3,5H2,1H3. The fourth-order valence-electron chi connectivity index (χ4n) is 3.36. The van der Waals surface area contributed by atoms with Crippen molar-refractivity contribution < 1.29 is 23.9 Å². The summed E-state index contributed by atoms with van der Waals surface area (Å²) in [5, 5.41) is 1.50. The number of rotatable bonds is 12. The zero-order valence-corrected chi connectivity index (χ0v) is 24.6. The predicted molar refractivity (Wildman–Crippen MR) is 155 cm³/mol. The lowest BCUT2D eigenvalue weighted by atomic mass is 10.0. The molecule has 2 aromatic rings. The highest BCUT2D eigenvalue weighted by atomic mass is 35.5. The maximum atomic E-state index is 11.1. The number of esters is 2. The van der Waals surface area contributed by atoms with E-state index in [0.717, 1.165) is 47.8 Å². The lowest BCUT2D eigenvalue weighted by Crippen LogP contribution is -2.28. The summed E-state index contributed by atoms with van der Waals surface area (Å²) in [5.74, 6) is 0.217. The molecule has 9 heteroatoms. The van der Waals surface area contributed by atoms with Crippen LogP contribution < -0.4 is 5.73 Å². The Bertz CT molecular complexity index is 924. The van der Waals surface area contributed by atoms with E-state index in [1.165, 1.54) is 19.8 Å². The van der Waals surface area contributed by atoms with Gasteiger partial charge in [0.15, 0.2) is 0 Å². The van der Waals surface area contributed by atoms with Crippen molar-refractivity contribution >= 4 is 41.4 Å². The van der Waals surface area contributed by atoms with E-state index in [1.807, 2.05) is 50.4 Å². The van der Waals surface area contributed by atoms with Gasteiger partial charge < -0.3 is 24.9 Å². The van der Waals surface area contributed by atoms with E-state index in [0.29, 0.717) is 25.3 Å². The van der Waals surface area contributed by atoms with Crippen molar-refractivity contribution in [1.29, 1.82) is 0 Å². The van der Waals surface area contributed by atoms with Crippen molar-refractivity contribution in [1.82, 2.24) is 4.90 Å². The minimum absolute atomic E-state index is 0.0891. The fourth-order valence-corrected chi connectivity index (χ4v) is 3.61. The molecular weight excluding hydrogens is 527 g/mol. The average molecular weight is 570 g/mol. The molecule has 0 amide bonds. The summed E-state index contributed by atoms with van der Waals surface area (Å²) in [7, 11) is 4.80. The summed E-state index contributed by atoms with van der Waals surface area (Å²) in [6, 6.07) is 15.5. The monoisotopic (exact) mass is 568 g/mol. The zero-order valence-electron chi connectivity index (χ0n) is 23.1. The van der Waals surface area contributed by atoms with Crippen LogP contribution >= 0.6 is 23.2 Å². The third kappa shape index (κ3) is 18.7. The smallest absolute Gasteiger partial charge is 0.306 e. The van der Waals surface area contributed by atoms with Crippen molar-refractivity contribution in [2.24, 2.45) is 17.6 Å². The van der Waals surface area contributed by atoms with E-state index >= 15 is 0 Å². The van der Waals surface area contributed by atoms with Crippen LogP contribution in [0.1, 0.15) is 37.8 Å². The van der Waals surface area contributed by atoms with Gasteiger partial charge in [-0.05, 0) is 61.2 Å². The van der Waals surface area contributed by atoms with E-state index in [4.69, 9.17) is 28.9 Å². The Labute approximate surface area is 237 Å². The quantitative estimate of drug-likeness (QED) is 0.276. The molecular formula is C29H42Cl2N2O5. The van der Waals surface area contributed by atoms with E-state index in [9.17, 15) is 14.4 Å². The van der Waals surface area contributed by atoms with Crippen LogP contribution in [-0.2, 0) is 36.7 Å². The molecule has 0 spiro atoms. The van der Waals surface area contributed by atoms with Gasteiger partial charge in [0.2, 0.25) is 0 Å². The highest BCUT2D eigenvalue weighted by Crippen LogP contribution is 2.14. The normalized spacial score (nSPS) is 11.7. The highest BCUT2D eigenvalue weighted by molar-refractivity contribution is 6.30. The molecule has 212 valence electrons. The third-order valence-corrected chi connectivity index (χ3v) is 5.83. The second-order valence-electron chi connectivity index (χ2n) is 9.08. The molecule has 0 radical (unpaired) electrons.